The van der Waals surface area contributed by atoms with Crippen LogP contribution in [0.2, 0.25) is 10.0 Å². The highest BCUT2D eigenvalue weighted by Gasteiger charge is 2.19. The first-order valence-electron chi connectivity index (χ1n) is 8.64. The Labute approximate surface area is 174 Å². The number of methoxy groups -OCH3 is 1. The Morgan fingerprint density at radius 2 is 1.93 bits per heavy atom. The fourth-order valence-corrected chi connectivity index (χ4v) is 3.79. The molecule has 1 atom stereocenters. The maximum absolute atomic E-state index is 12.4. The van der Waals surface area contributed by atoms with E-state index in [2.05, 4.69) is 5.32 Å². The summed E-state index contributed by atoms with van der Waals surface area (Å²) in [4.78, 5) is 12.4. The third kappa shape index (κ3) is 6.83. The predicted molar refractivity (Wildman–Crippen MR) is 113 cm³/mol. The molecule has 0 aromatic heterocycles. The van der Waals surface area contributed by atoms with Crippen molar-refractivity contribution in [3.05, 3.63) is 58.1 Å². The van der Waals surface area contributed by atoms with E-state index >= 15 is 0 Å². The average Bonchev–Trinajstić information content (AvgIpc) is 2.67. The first-order valence-corrected chi connectivity index (χ1v) is 10.5. The van der Waals surface area contributed by atoms with Gasteiger partial charge in [0, 0.05) is 28.1 Å². The van der Waals surface area contributed by atoms with Crippen LogP contribution in [-0.2, 0) is 10.5 Å². The summed E-state index contributed by atoms with van der Waals surface area (Å²) >= 11 is 13.8. The molecule has 1 N–H and O–H groups in total. The molecular weight excluding hydrogens is 405 g/mol. The number of benzene rings is 2. The summed E-state index contributed by atoms with van der Waals surface area (Å²) in [6, 6.07) is 12.8. The zero-order valence-electron chi connectivity index (χ0n) is 15.3. The van der Waals surface area contributed by atoms with Crippen molar-refractivity contribution in [2.45, 2.75) is 25.2 Å². The second-order valence-corrected chi connectivity index (χ2v) is 7.69. The van der Waals surface area contributed by atoms with Gasteiger partial charge in [0.2, 0.25) is 0 Å². The van der Waals surface area contributed by atoms with E-state index in [-0.39, 0.29) is 5.91 Å². The van der Waals surface area contributed by atoms with Crippen LogP contribution in [0.3, 0.4) is 0 Å². The molecule has 0 saturated carbocycles. The number of para-hydroxylation sites is 2. The van der Waals surface area contributed by atoms with E-state index < -0.39 is 6.10 Å². The fourth-order valence-electron chi connectivity index (χ4n) is 2.37. The van der Waals surface area contributed by atoms with Crippen molar-refractivity contribution in [3.8, 4) is 11.5 Å². The van der Waals surface area contributed by atoms with Crippen LogP contribution in [0.25, 0.3) is 0 Å². The smallest absolute Gasteiger partial charge is 0.261 e. The number of amides is 1. The molecule has 2 aromatic rings. The highest BCUT2D eigenvalue weighted by Crippen LogP contribution is 2.27. The molecule has 0 aliphatic rings. The van der Waals surface area contributed by atoms with E-state index in [4.69, 9.17) is 32.7 Å². The lowest BCUT2D eigenvalue weighted by Crippen LogP contribution is -2.39. The zero-order valence-corrected chi connectivity index (χ0v) is 17.7. The quantitative estimate of drug-likeness (QED) is 0.528. The molecule has 2 rings (SSSR count). The monoisotopic (exact) mass is 427 g/mol. The van der Waals surface area contributed by atoms with E-state index in [0.29, 0.717) is 34.5 Å². The van der Waals surface area contributed by atoms with Gasteiger partial charge in [0.05, 0.1) is 7.11 Å². The number of carbonyl (C=O) groups is 1. The molecule has 0 aliphatic carbocycles. The average molecular weight is 428 g/mol. The number of rotatable bonds is 10. The standard InChI is InChI=1S/C20H23Cl2NO3S/c1-3-17(26-19-7-5-4-6-18(19)25-2)20(24)23-10-11-27-13-14-8-9-15(21)12-16(14)22/h4-9,12,17H,3,10-11,13H2,1-2H3,(H,23,24)/t17-/m0/s1. The summed E-state index contributed by atoms with van der Waals surface area (Å²) in [5.41, 5.74) is 1.03. The van der Waals surface area contributed by atoms with Crippen molar-refractivity contribution in [2.75, 3.05) is 19.4 Å². The second kappa shape index (κ2) is 11.3. The lowest BCUT2D eigenvalue weighted by atomic mass is 10.2. The Kier molecular flexibility index (Phi) is 9.11. The molecule has 0 radical (unpaired) electrons. The minimum Gasteiger partial charge on any atom is -0.493 e. The predicted octanol–water partition coefficient (Wildman–Crippen LogP) is 5.21. The molecule has 1 amide bonds. The highest BCUT2D eigenvalue weighted by atomic mass is 35.5. The minimum atomic E-state index is -0.558. The van der Waals surface area contributed by atoms with Crippen LogP contribution in [0, 0.1) is 0 Å². The fraction of sp³-hybridized carbons (Fsp3) is 0.350. The Morgan fingerprint density at radius 1 is 1.19 bits per heavy atom. The van der Waals surface area contributed by atoms with Crippen LogP contribution >= 0.6 is 35.0 Å². The van der Waals surface area contributed by atoms with Gasteiger partial charge in [-0.3, -0.25) is 4.79 Å². The van der Waals surface area contributed by atoms with Crippen LogP contribution in [0.4, 0.5) is 0 Å². The normalized spacial score (nSPS) is 11.7. The summed E-state index contributed by atoms with van der Waals surface area (Å²) in [5, 5.41) is 4.21. The third-order valence-corrected chi connectivity index (χ3v) is 5.41. The first kappa shape index (κ1) is 21.7. The number of carbonyl (C=O) groups excluding carboxylic acids is 1. The highest BCUT2D eigenvalue weighted by molar-refractivity contribution is 7.98. The maximum atomic E-state index is 12.4. The van der Waals surface area contributed by atoms with Crippen molar-refractivity contribution in [1.29, 1.82) is 0 Å². The first-order chi connectivity index (χ1) is 13.0. The number of hydrogen-bond donors (Lipinski definition) is 1. The Balaban J connectivity index is 1.76. The van der Waals surface area contributed by atoms with E-state index in [1.165, 1.54) is 0 Å². The minimum absolute atomic E-state index is 0.131. The molecular formula is C20H23Cl2NO3S. The van der Waals surface area contributed by atoms with Gasteiger partial charge in [0.25, 0.3) is 5.91 Å². The molecule has 27 heavy (non-hydrogen) atoms. The molecule has 4 nitrogen and oxygen atoms in total. The molecule has 0 fully saturated rings. The van der Waals surface area contributed by atoms with Crippen molar-refractivity contribution in [2.24, 2.45) is 0 Å². The summed E-state index contributed by atoms with van der Waals surface area (Å²) in [5.74, 6) is 2.58. The van der Waals surface area contributed by atoms with Crippen LogP contribution in [0.1, 0.15) is 18.9 Å². The number of ether oxygens (including phenoxy) is 2. The molecule has 146 valence electrons. The number of thioether (sulfide) groups is 1. The van der Waals surface area contributed by atoms with Gasteiger partial charge in [0.1, 0.15) is 0 Å². The van der Waals surface area contributed by atoms with Gasteiger partial charge in [0.15, 0.2) is 17.6 Å². The van der Waals surface area contributed by atoms with E-state index in [0.717, 1.165) is 17.1 Å². The van der Waals surface area contributed by atoms with E-state index in [1.807, 2.05) is 31.2 Å². The number of hydrogen-bond acceptors (Lipinski definition) is 4. The van der Waals surface area contributed by atoms with Crippen LogP contribution < -0.4 is 14.8 Å². The van der Waals surface area contributed by atoms with Gasteiger partial charge in [-0.2, -0.15) is 11.8 Å². The number of halogens is 2. The molecule has 0 unspecified atom stereocenters. The molecule has 0 aliphatic heterocycles. The molecule has 2 aromatic carbocycles. The number of nitrogens with one attached hydrogen (secondary N) is 1. The van der Waals surface area contributed by atoms with Gasteiger partial charge in [-0.05, 0) is 36.2 Å². The largest absolute Gasteiger partial charge is 0.493 e. The molecule has 0 heterocycles. The van der Waals surface area contributed by atoms with Gasteiger partial charge in [-0.25, -0.2) is 0 Å². The second-order valence-electron chi connectivity index (χ2n) is 5.74. The molecule has 0 bridgehead atoms. The van der Waals surface area contributed by atoms with Gasteiger partial charge in [-0.1, -0.05) is 48.3 Å². The lowest BCUT2D eigenvalue weighted by Gasteiger charge is -2.18. The molecule has 0 saturated heterocycles. The Morgan fingerprint density at radius 3 is 2.59 bits per heavy atom. The van der Waals surface area contributed by atoms with Crippen LogP contribution in [0.5, 0.6) is 11.5 Å². The summed E-state index contributed by atoms with van der Waals surface area (Å²) in [7, 11) is 1.58. The van der Waals surface area contributed by atoms with E-state index in [1.54, 1.807) is 37.1 Å². The molecule has 0 spiro atoms. The summed E-state index contributed by atoms with van der Waals surface area (Å²) < 4.78 is 11.1. The Bertz CT molecular complexity index is 758. The van der Waals surface area contributed by atoms with Crippen molar-refractivity contribution in [3.63, 3.8) is 0 Å². The van der Waals surface area contributed by atoms with E-state index in [9.17, 15) is 4.79 Å². The zero-order chi connectivity index (χ0) is 19.6. The SMILES string of the molecule is CC[C@H](Oc1ccccc1OC)C(=O)NCCSCc1ccc(Cl)cc1Cl. The van der Waals surface area contributed by atoms with Crippen molar-refractivity contribution >= 4 is 40.9 Å². The van der Waals surface area contributed by atoms with Gasteiger partial charge in [-0.15, -0.1) is 0 Å². The van der Waals surface area contributed by atoms with Crippen molar-refractivity contribution in [1.82, 2.24) is 5.32 Å². The topological polar surface area (TPSA) is 47.6 Å². The Hall–Kier alpha value is -1.56. The third-order valence-electron chi connectivity index (χ3n) is 3.82. The maximum Gasteiger partial charge on any atom is 0.261 e. The molecule has 7 heteroatoms. The van der Waals surface area contributed by atoms with Crippen molar-refractivity contribution < 1.29 is 14.3 Å². The lowest BCUT2D eigenvalue weighted by molar-refractivity contribution is -0.128. The van der Waals surface area contributed by atoms with Crippen LogP contribution in [0.15, 0.2) is 42.5 Å². The van der Waals surface area contributed by atoms with Crippen LogP contribution in [-0.4, -0.2) is 31.4 Å². The summed E-state index contributed by atoms with van der Waals surface area (Å²) in [6.45, 7) is 2.47. The van der Waals surface area contributed by atoms with Gasteiger partial charge >= 0.3 is 0 Å². The summed E-state index contributed by atoms with van der Waals surface area (Å²) in [6.07, 6.45) is 0.00855. The van der Waals surface area contributed by atoms with Gasteiger partial charge < -0.3 is 14.8 Å².